The molecule has 2 atom stereocenters. The molecule has 0 aromatic rings. The van der Waals surface area contributed by atoms with Crippen LogP contribution in [-0.2, 0) is 9.59 Å². The van der Waals surface area contributed by atoms with Gasteiger partial charge in [0.05, 0.1) is 18.1 Å². The Kier molecular flexibility index (Phi) is 5.13. The Balaban J connectivity index is 2.19. The Morgan fingerprint density at radius 1 is 1.25 bits per heavy atom. The topological polar surface area (TPSA) is 57.6 Å². The largest absolute Gasteiger partial charge is 0.395 e. The summed E-state index contributed by atoms with van der Waals surface area (Å²) >= 11 is 1.51. The summed E-state index contributed by atoms with van der Waals surface area (Å²) < 4.78 is 0. The molecule has 5 heteroatoms. The van der Waals surface area contributed by atoms with Crippen molar-refractivity contribution in [3.05, 3.63) is 0 Å². The lowest BCUT2D eigenvalue weighted by molar-refractivity contribution is -0.144. The third kappa shape index (κ3) is 2.75. The number of nitrogens with zero attached hydrogens (tertiary/aromatic N) is 1. The molecule has 0 aromatic heterocycles. The molecule has 1 aliphatic carbocycles. The molecule has 1 aliphatic heterocycles. The molecule has 2 amide bonds. The number of thioether (sulfide) groups is 1. The van der Waals surface area contributed by atoms with Crippen LogP contribution in [-0.4, -0.2) is 46.0 Å². The minimum absolute atomic E-state index is 0.00755. The van der Waals surface area contributed by atoms with E-state index >= 15 is 0 Å². The highest BCUT2D eigenvalue weighted by atomic mass is 32.2. The van der Waals surface area contributed by atoms with Crippen LogP contribution in [0.25, 0.3) is 0 Å². The Morgan fingerprint density at radius 2 is 1.85 bits per heavy atom. The highest BCUT2D eigenvalue weighted by Crippen LogP contribution is 2.45. The first-order chi connectivity index (χ1) is 9.55. The second-order valence-corrected chi connectivity index (χ2v) is 7.21. The van der Waals surface area contributed by atoms with Crippen LogP contribution in [0.15, 0.2) is 0 Å². The van der Waals surface area contributed by atoms with Gasteiger partial charge in [0.1, 0.15) is 0 Å². The number of hydrogen-bond donors (Lipinski definition) is 1. The molecule has 114 valence electrons. The lowest BCUT2D eigenvalue weighted by Gasteiger charge is -2.31. The fraction of sp³-hybridized carbons (Fsp3) is 0.867. The SMILES string of the molecule is CSC(CO)C(C)N1C(=O)CC2(CCCCCC2)C1=O. The summed E-state index contributed by atoms with van der Waals surface area (Å²) in [5.74, 6) is -0.0266. The van der Waals surface area contributed by atoms with Gasteiger partial charge in [0.25, 0.3) is 0 Å². The Hall–Kier alpha value is -0.550. The third-order valence-electron chi connectivity index (χ3n) is 4.92. The van der Waals surface area contributed by atoms with Crippen molar-refractivity contribution in [1.82, 2.24) is 4.90 Å². The van der Waals surface area contributed by atoms with Crippen molar-refractivity contribution in [3.63, 3.8) is 0 Å². The van der Waals surface area contributed by atoms with E-state index in [0.717, 1.165) is 25.7 Å². The molecule has 2 unspecified atom stereocenters. The lowest BCUT2D eigenvalue weighted by atomic mass is 9.79. The Bertz CT molecular complexity index is 373. The van der Waals surface area contributed by atoms with Crippen LogP contribution in [0.1, 0.15) is 51.9 Å². The number of aliphatic hydroxyl groups excluding tert-OH is 1. The second kappa shape index (κ2) is 6.48. The van der Waals surface area contributed by atoms with Crippen molar-refractivity contribution < 1.29 is 14.7 Å². The van der Waals surface area contributed by atoms with Crippen molar-refractivity contribution in [1.29, 1.82) is 0 Å². The molecule has 2 aliphatic rings. The van der Waals surface area contributed by atoms with Crippen LogP contribution in [0.3, 0.4) is 0 Å². The van der Waals surface area contributed by atoms with E-state index < -0.39 is 5.41 Å². The van der Waals surface area contributed by atoms with Gasteiger partial charge in [0.2, 0.25) is 11.8 Å². The van der Waals surface area contributed by atoms with Crippen molar-refractivity contribution >= 4 is 23.6 Å². The van der Waals surface area contributed by atoms with Crippen LogP contribution in [0, 0.1) is 5.41 Å². The zero-order valence-electron chi connectivity index (χ0n) is 12.4. The van der Waals surface area contributed by atoms with Crippen molar-refractivity contribution in [2.75, 3.05) is 12.9 Å². The van der Waals surface area contributed by atoms with E-state index in [4.69, 9.17) is 0 Å². The van der Waals surface area contributed by atoms with Crippen molar-refractivity contribution in [2.24, 2.45) is 5.41 Å². The number of carbonyl (C=O) groups excluding carboxylic acids is 2. The van der Waals surface area contributed by atoms with E-state index in [1.165, 1.54) is 29.5 Å². The molecule has 2 fully saturated rings. The monoisotopic (exact) mass is 299 g/mol. The van der Waals surface area contributed by atoms with Gasteiger partial charge >= 0.3 is 0 Å². The number of amides is 2. The van der Waals surface area contributed by atoms with Crippen LogP contribution in [0.2, 0.25) is 0 Å². The third-order valence-corrected chi connectivity index (χ3v) is 6.07. The summed E-state index contributed by atoms with van der Waals surface area (Å²) in [6, 6.07) is -0.224. The fourth-order valence-corrected chi connectivity index (χ4v) is 4.28. The first-order valence-corrected chi connectivity index (χ1v) is 8.84. The Labute approximate surface area is 125 Å². The molecule has 1 heterocycles. The van der Waals surface area contributed by atoms with Crippen molar-refractivity contribution in [2.45, 2.75) is 63.2 Å². The molecule has 4 nitrogen and oxygen atoms in total. The van der Waals surface area contributed by atoms with Crippen LogP contribution < -0.4 is 0 Å². The van der Waals surface area contributed by atoms with Gasteiger partial charge in [-0.15, -0.1) is 0 Å². The van der Waals surface area contributed by atoms with Crippen LogP contribution in [0.5, 0.6) is 0 Å². The lowest BCUT2D eigenvalue weighted by Crippen LogP contribution is -2.47. The average molecular weight is 299 g/mol. The predicted molar refractivity (Wildman–Crippen MR) is 80.5 cm³/mol. The Morgan fingerprint density at radius 3 is 2.35 bits per heavy atom. The normalized spacial score (nSPS) is 25.9. The predicted octanol–water partition coefficient (Wildman–Crippen LogP) is 2.20. The van der Waals surface area contributed by atoms with Gasteiger partial charge in [0, 0.05) is 11.7 Å². The number of carbonyl (C=O) groups is 2. The van der Waals surface area contributed by atoms with E-state index in [9.17, 15) is 14.7 Å². The maximum atomic E-state index is 12.8. The minimum atomic E-state index is -0.430. The van der Waals surface area contributed by atoms with E-state index in [2.05, 4.69) is 0 Å². The fourth-order valence-electron chi connectivity index (χ4n) is 3.62. The van der Waals surface area contributed by atoms with E-state index in [1.54, 1.807) is 0 Å². The summed E-state index contributed by atoms with van der Waals surface area (Å²) in [5, 5.41) is 9.31. The van der Waals surface area contributed by atoms with Gasteiger partial charge in [-0.25, -0.2) is 0 Å². The number of hydrogen-bond acceptors (Lipinski definition) is 4. The minimum Gasteiger partial charge on any atom is -0.395 e. The standard InChI is InChI=1S/C15H25NO3S/c1-11(12(10-17)20-2)16-13(18)9-15(14(16)19)7-5-3-4-6-8-15/h11-12,17H,3-10H2,1-2H3. The van der Waals surface area contributed by atoms with Gasteiger partial charge in [-0.05, 0) is 26.0 Å². The molecule has 0 radical (unpaired) electrons. The molecule has 0 aromatic carbocycles. The molecule has 1 saturated carbocycles. The summed E-state index contributed by atoms with van der Waals surface area (Å²) in [4.78, 5) is 26.6. The quantitative estimate of drug-likeness (QED) is 0.809. The average Bonchev–Trinajstić information content (AvgIpc) is 2.60. The summed E-state index contributed by atoms with van der Waals surface area (Å²) in [6.07, 6.45) is 8.42. The molecule has 2 rings (SSSR count). The van der Waals surface area contributed by atoms with Crippen LogP contribution in [0.4, 0.5) is 0 Å². The van der Waals surface area contributed by atoms with Gasteiger partial charge in [-0.1, -0.05) is 25.7 Å². The summed E-state index contributed by atoms with van der Waals surface area (Å²) in [7, 11) is 0. The molecular formula is C15H25NO3S. The number of aliphatic hydroxyl groups is 1. The van der Waals surface area contributed by atoms with E-state index in [1.807, 2.05) is 13.2 Å². The van der Waals surface area contributed by atoms with Gasteiger partial charge in [-0.2, -0.15) is 11.8 Å². The number of likely N-dealkylation sites (tertiary alicyclic amines) is 1. The maximum absolute atomic E-state index is 12.8. The molecular weight excluding hydrogens is 274 g/mol. The molecule has 1 N–H and O–H groups in total. The van der Waals surface area contributed by atoms with Gasteiger partial charge in [-0.3, -0.25) is 14.5 Å². The number of rotatable bonds is 4. The highest BCUT2D eigenvalue weighted by Gasteiger charge is 2.52. The molecule has 1 saturated heterocycles. The van der Waals surface area contributed by atoms with Gasteiger partial charge in [0.15, 0.2) is 0 Å². The first kappa shape index (κ1) is 15.8. The highest BCUT2D eigenvalue weighted by molar-refractivity contribution is 7.99. The molecule has 0 bridgehead atoms. The summed E-state index contributed by atoms with van der Waals surface area (Å²) in [5.41, 5.74) is -0.430. The molecule has 1 spiro atoms. The van der Waals surface area contributed by atoms with E-state index in [0.29, 0.717) is 6.42 Å². The zero-order chi connectivity index (χ0) is 14.8. The van der Waals surface area contributed by atoms with Crippen molar-refractivity contribution in [3.8, 4) is 0 Å². The number of imide groups is 1. The smallest absolute Gasteiger partial charge is 0.236 e. The first-order valence-electron chi connectivity index (χ1n) is 7.56. The zero-order valence-corrected chi connectivity index (χ0v) is 13.2. The van der Waals surface area contributed by atoms with Crippen LogP contribution >= 0.6 is 11.8 Å². The molecule has 20 heavy (non-hydrogen) atoms. The maximum Gasteiger partial charge on any atom is 0.236 e. The summed E-state index contributed by atoms with van der Waals surface area (Å²) in [6.45, 7) is 1.87. The van der Waals surface area contributed by atoms with E-state index in [-0.39, 0.29) is 29.7 Å². The second-order valence-electron chi connectivity index (χ2n) is 6.14. The van der Waals surface area contributed by atoms with Gasteiger partial charge < -0.3 is 5.11 Å².